The lowest BCUT2D eigenvalue weighted by Crippen LogP contribution is -2.28. The van der Waals surface area contributed by atoms with Crippen LogP contribution in [0.25, 0.3) is 10.8 Å². The van der Waals surface area contributed by atoms with Gasteiger partial charge in [0.25, 0.3) is 0 Å². The van der Waals surface area contributed by atoms with E-state index in [1.807, 2.05) is 12.1 Å². The van der Waals surface area contributed by atoms with E-state index in [0.717, 1.165) is 31.4 Å². The van der Waals surface area contributed by atoms with E-state index in [4.69, 9.17) is 14.2 Å². The fraction of sp³-hybridized carbons (Fsp3) is 0.476. The summed E-state index contributed by atoms with van der Waals surface area (Å²) in [6.45, 7) is 2.54. The second-order valence-electron chi connectivity index (χ2n) is 6.58. The van der Waals surface area contributed by atoms with Crippen molar-refractivity contribution in [3.63, 3.8) is 0 Å². The first kappa shape index (κ1) is 17.7. The SMILES string of the molecule is COCCOc1ccc2ccccc2c1[C@H]1CCCC[C@H]1OC(C)=O. The molecule has 2 atom stereocenters. The van der Waals surface area contributed by atoms with Gasteiger partial charge in [-0.05, 0) is 36.1 Å². The molecule has 1 saturated carbocycles. The Balaban J connectivity index is 2.03. The Labute approximate surface area is 149 Å². The maximum atomic E-state index is 11.6. The average molecular weight is 342 g/mol. The summed E-state index contributed by atoms with van der Waals surface area (Å²) in [5, 5.41) is 2.37. The normalized spacial score (nSPS) is 20.4. The van der Waals surface area contributed by atoms with E-state index in [1.54, 1.807) is 7.11 Å². The third kappa shape index (κ3) is 4.13. The van der Waals surface area contributed by atoms with Crippen molar-refractivity contribution >= 4 is 16.7 Å². The van der Waals surface area contributed by atoms with E-state index in [2.05, 4.69) is 24.3 Å². The third-order valence-corrected chi connectivity index (χ3v) is 4.87. The Morgan fingerprint density at radius 3 is 2.68 bits per heavy atom. The lowest BCUT2D eigenvalue weighted by Gasteiger charge is -2.33. The predicted molar refractivity (Wildman–Crippen MR) is 98.1 cm³/mol. The molecular formula is C21H26O4. The molecule has 0 spiro atoms. The van der Waals surface area contributed by atoms with Crippen LogP contribution in [0.1, 0.15) is 44.1 Å². The van der Waals surface area contributed by atoms with Gasteiger partial charge in [-0.2, -0.15) is 0 Å². The van der Waals surface area contributed by atoms with E-state index in [1.165, 1.54) is 23.3 Å². The molecule has 2 aromatic rings. The lowest BCUT2D eigenvalue weighted by atomic mass is 9.79. The summed E-state index contributed by atoms with van der Waals surface area (Å²) in [6.07, 6.45) is 4.07. The molecule has 134 valence electrons. The standard InChI is InChI=1S/C21H26O4/c1-15(22)25-19-10-6-5-9-18(19)21-17-8-4-3-7-16(17)11-12-20(21)24-14-13-23-2/h3-4,7-8,11-12,18-19H,5-6,9-10,13-14H2,1-2H3/t18-,19+/m0/s1. The second kappa shape index (κ2) is 8.34. The van der Waals surface area contributed by atoms with E-state index in [-0.39, 0.29) is 18.0 Å². The van der Waals surface area contributed by atoms with Crippen molar-refractivity contribution in [2.45, 2.75) is 44.6 Å². The Hall–Kier alpha value is -2.07. The number of fused-ring (bicyclic) bond motifs is 1. The molecular weight excluding hydrogens is 316 g/mol. The summed E-state index contributed by atoms with van der Waals surface area (Å²) in [4.78, 5) is 11.6. The summed E-state index contributed by atoms with van der Waals surface area (Å²) in [7, 11) is 1.67. The van der Waals surface area contributed by atoms with E-state index in [9.17, 15) is 4.79 Å². The second-order valence-corrected chi connectivity index (χ2v) is 6.58. The highest BCUT2D eigenvalue weighted by molar-refractivity contribution is 5.88. The Bertz CT molecular complexity index is 725. The van der Waals surface area contributed by atoms with Crippen molar-refractivity contribution < 1.29 is 19.0 Å². The topological polar surface area (TPSA) is 44.8 Å². The lowest BCUT2D eigenvalue weighted by molar-refractivity contribution is -0.148. The van der Waals surface area contributed by atoms with Gasteiger partial charge in [0.1, 0.15) is 18.5 Å². The minimum Gasteiger partial charge on any atom is -0.491 e. The average Bonchev–Trinajstić information content (AvgIpc) is 2.62. The summed E-state index contributed by atoms with van der Waals surface area (Å²) in [5.41, 5.74) is 1.17. The molecule has 0 saturated heterocycles. The van der Waals surface area contributed by atoms with Crippen molar-refractivity contribution in [2.24, 2.45) is 0 Å². The van der Waals surface area contributed by atoms with Crippen LogP contribution in [-0.4, -0.2) is 32.4 Å². The first-order valence-corrected chi connectivity index (χ1v) is 9.01. The van der Waals surface area contributed by atoms with E-state index >= 15 is 0 Å². The number of hydrogen-bond acceptors (Lipinski definition) is 4. The van der Waals surface area contributed by atoms with Crippen molar-refractivity contribution in [3.05, 3.63) is 42.0 Å². The Morgan fingerprint density at radius 2 is 1.88 bits per heavy atom. The van der Waals surface area contributed by atoms with Crippen molar-refractivity contribution in [1.29, 1.82) is 0 Å². The van der Waals surface area contributed by atoms with E-state index < -0.39 is 0 Å². The minimum absolute atomic E-state index is 0.0816. The Kier molecular flexibility index (Phi) is 5.92. The van der Waals surface area contributed by atoms with E-state index in [0.29, 0.717) is 13.2 Å². The monoisotopic (exact) mass is 342 g/mol. The number of carbonyl (C=O) groups is 1. The molecule has 0 bridgehead atoms. The van der Waals surface area contributed by atoms with Gasteiger partial charge in [-0.1, -0.05) is 36.8 Å². The minimum atomic E-state index is -0.209. The zero-order chi connectivity index (χ0) is 17.6. The molecule has 0 unspecified atom stereocenters. The molecule has 1 fully saturated rings. The number of methoxy groups -OCH3 is 1. The quantitative estimate of drug-likeness (QED) is 0.574. The number of hydrogen-bond donors (Lipinski definition) is 0. The molecule has 0 aromatic heterocycles. The zero-order valence-corrected chi connectivity index (χ0v) is 15.0. The summed E-state index contributed by atoms with van der Waals surface area (Å²) in [6, 6.07) is 12.5. The summed E-state index contributed by atoms with van der Waals surface area (Å²) in [5.74, 6) is 0.833. The molecule has 0 N–H and O–H groups in total. The number of benzene rings is 2. The predicted octanol–water partition coefficient (Wildman–Crippen LogP) is 4.45. The van der Waals surface area contributed by atoms with Gasteiger partial charge in [0.2, 0.25) is 0 Å². The summed E-state index contributed by atoms with van der Waals surface area (Å²) >= 11 is 0. The molecule has 4 heteroatoms. The van der Waals surface area contributed by atoms with Crippen molar-refractivity contribution in [2.75, 3.05) is 20.3 Å². The van der Waals surface area contributed by atoms with Crippen molar-refractivity contribution in [3.8, 4) is 5.75 Å². The highest BCUT2D eigenvalue weighted by Gasteiger charge is 2.32. The number of carbonyl (C=O) groups excluding carboxylic acids is 1. The fourth-order valence-corrected chi connectivity index (χ4v) is 3.80. The maximum absolute atomic E-state index is 11.6. The molecule has 0 amide bonds. The zero-order valence-electron chi connectivity index (χ0n) is 15.0. The van der Waals surface area contributed by atoms with Crippen LogP contribution in [0.4, 0.5) is 0 Å². The molecule has 0 radical (unpaired) electrons. The Morgan fingerprint density at radius 1 is 1.08 bits per heavy atom. The number of ether oxygens (including phenoxy) is 3. The van der Waals surface area contributed by atoms with Gasteiger partial charge >= 0.3 is 5.97 Å². The maximum Gasteiger partial charge on any atom is 0.302 e. The van der Waals surface area contributed by atoms with Gasteiger partial charge in [-0.3, -0.25) is 4.79 Å². The van der Waals surface area contributed by atoms with Gasteiger partial charge in [-0.25, -0.2) is 0 Å². The fourth-order valence-electron chi connectivity index (χ4n) is 3.80. The van der Waals surface area contributed by atoms with Crippen LogP contribution >= 0.6 is 0 Å². The van der Waals surface area contributed by atoms with Gasteiger partial charge in [-0.15, -0.1) is 0 Å². The molecule has 1 aliphatic carbocycles. The van der Waals surface area contributed by atoms with Crippen LogP contribution < -0.4 is 4.74 Å². The van der Waals surface area contributed by atoms with Crippen LogP contribution in [0.3, 0.4) is 0 Å². The van der Waals surface area contributed by atoms with Gasteiger partial charge < -0.3 is 14.2 Å². The highest BCUT2D eigenvalue weighted by Crippen LogP contribution is 2.43. The van der Waals surface area contributed by atoms with Crippen LogP contribution in [0.5, 0.6) is 5.75 Å². The van der Waals surface area contributed by atoms with Crippen LogP contribution in [-0.2, 0) is 14.3 Å². The van der Waals surface area contributed by atoms with Crippen LogP contribution in [0.15, 0.2) is 36.4 Å². The highest BCUT2D eigenvalue weighted by atomic mass is 16.5. The first-order chi connectivity index (χ1) is 12.2. The molecule has 0 aliphatic heterocycles. The number of rotatable bonds is 6. The van der Waals surface area contributed by atoms with Gasteiger partial charge in [0.05, 0.1) is 6.61 Å². The smallest absolute Gasteiger partial charge is 0.302 e. The molecule has 2 aromatic carbocycles. The number of esters is 1. The van der Waals surface area contributed by atoms with Crippen molar-refractivity contribution in [1.82, 2.24) is 0 Å². The van der Waals surface area contributed by atoms with Crippen LogP contribution in [0, 0.1) is 0 Å². The van der Waals surface area contributed by atoms with Crippen LogP contribution in [0.2, 0.25) is 0 Å². The third-order valence-electron chi connectivity index (χ3n) is 4.87. The molecule has 25 heavy (non-hydrogen) atoms. The molecule has 1 aliphatic rings. The molecule has 0 heterocycles. The largest absolute Gasteiger partial charge is 0.491 e. The first-order valence-electron chi connectivity index (χ1n) is 9.01. The molecule has 3 rings (SSSR count). The van der Waals surface area contributed by atoms with Gasteiger partial charge in [0, 0.05) is 25.5 Å². The summed E-state index contributed by atoms with van der Waals surface area (Å²) < 4.78 is 16.8. The van der Waals surface area contributed by atoms with Gasteiger partial charge in [0.15, 0.2) is 0 Å². The molecule has 4 nitrogen and oxygen atoms in total.